The van der Waals surface area contributed by atoms with E-state index < -0.39 is 11.6 Å². The molecule has 0 saturated heterocycles. The summed E-state index contributed by atoms with van der Waals surface area (Å²) in [5, 5.41) is 3.43. The van der Waals surface area contributed by atoms with E-state index in [9.17, 15) is 8.78 Å². The van der Waals surface area contributed by atoms with E-state index in [1.165, 1.54) is 49.8 Å². The number of hydrogen-bond acceptors (Lipinski definition) is 1. The highest BCUT2D eigenvalue weighted by Gasteiger charge is 2.18. The van der Waals surface area contributed by atoms with Crippen molar-refractivity contribution in [3.63, 3.8) is 0 Å². The third kappa shape index (κ3) is 4.92. The zero-order valence-corrected chi connectivity index (χ0v) is 13.0. The quantitative estimate of drug-likeness (QED) is 0.812. The third-order valence-corrected chi connectivity index (χ3v) is 4.15. The molecule has 21 heavy (non-hydrogen) atoms. The summed E-state index contributed by atoms with van der Waals surface area (Å²) < 4.78 is 26.9. The number of halogens is 2. The topological polar surface area (TPSA) is 12.0 Å². The van der Waals surface area contributed by atoms with E-state index in [2.05, 4.69) is 19.2 Å². The van der Waals surface area contributed by atoms with Crippen molar-refractivity contribution in [1.29, 1.82) is 0 Å². The van der Waals surface area contributed by atoms with Gasteiger partial charge in [0, 0.05) is 24.2 Å². The molecule has 2 rings (SSSR count). The second-order valence-corrected chi connectivity index (χ2v) is 6.26. The molecule has 0 atom stereocenters. The van der Waals surface area contributed by atoms with Crippen molar-refractivity contribution in [2.24, 2.45) is 5.92 Å². The Kier molecular flexibility index (Phi) is 5.92. The largest absolute Gasteiger partial charge is 0.311 e. The third-order valence-electron chi connectivity index (χ3n) is 4.15. The van der Waals surface area contributed by atoms with Crippen LogP contribution in [0, 0.1) is 17.6 Å². The number of hydrogen-bond donors (Lipinski definition) is 1. The molecule has 1 nitrogen and oxygen atoms in total. The first-order chi connectivity index (χ1) is 10.1. The Hall–Kier alpha value is -1.22. The SMILES string of the molecule is CC(C)NC/C(=C/c1ccc(F)cc1F)C1CCCCC1. The fraction of sp³-hybridized carbons (Fsp3) is 0.556. The molecule has 1 aliphatic rings. The van der Waals surface area contributed by atoms with Gasteiger partial charge in [-0.3, -0.25) is 0 Å². The van der Waals surface area contributed by atoms with Crippen LogP contribution in [-0.2, 0) is 0 Å². The zero-order valence-electron chi connectivity index (χ0n) is 13.0. The molecule has 1 aromatic carbocycles. The van der Waals surface area contributed by atoms with Gasteiger partial charge in [0.2, 0.25) is 0 Å². The lowest BCUT2D eigenvalue weighted by atomic mass is 9.83. The predicted molar refractivity (Wildman–Crippen MR) is 84.0 cm³/mol. The molecule has 0 unspecified atom stereocenters. The lowest BCUT2D eigenvalue weighted by Gasteiger charge is -2.26. The molecule has 0 heterocycles. The molecule has 0 amide bonds. The summed E-state index contributed by atoms with van der Waals surface area (Å²) >= 11 is 0. The molecule has 116 valence electrons. The van der Waals surface area contributed by atoms with Crippen molar-refractivity contribution in [1.82, 2.24) is 5.32 Å². The number of benzene rings is 1. The van der Waals surface area contributed by atoms with E-state index in [4.69, 9.17) is 0 Å². The average Bonchev–Trinajstić information content (AvgIpc) is 2.46. The molecule has 0 aliphatic heterocycles. The van der Waals surface area contributed by atoms with Gasteiger partial charge in [-0.15, -0.1) is 0 Å². The van der Waals surface area contributed by atoms with Crippen LogP contribution in [0.3, 0.4) is 0 Å². The maximum Gasteiger partial charge on any atom is 0.133 e. The van der Waals surface area contributed by atoms with Crippen LogP contribution in [0.2, 0.25) is 0 Å². The van der Waals surface area contributed by atoms with Gasteiger partial charge in [0.05, 0.1) is 0 Å². The van der Waals surface area contributed by atoms with Gasteiger partial charge in [-0.2, -0.15) is 0 Å². The molecule has 1 N–H and O–H groups in total. The van der Waals surface area contributed by atoms with Crippen LogP contribution in [0.25, 0.3) is 6.08 Å². The number of nitrogens with one attached hydrogen (secondary N) is 1. The van der Waals surface area contributed by atoms with E-state index in [0.717, 1.165) is 12.6 Å². The van der Waals surface area contributed by atoms with Crippen molar-refractivity contribution in [2.45, 2.75) is 52.0 Å². The molecule has 1 aromatic rings. The highest BCUT2D eigenvalue weighted by Crippen LogP contribution is 2.31. The van der Waals surface area contributed by atoms with Gasteiger partial charge in [0.25, 0.3) is 0 Å². The summed E-state index contributed by atoms with van der Waals surface area (Å²) in [7, 11) is 0. The van der Waals surface area contributed by atoms with E-state index in [1.807, 2.05) is 6.08 Å². The summed E-state index contributed by atoms with van der Waals surface area (Å²) in [5.74, 6) is -0.480. The molecule has 0 spiro atoms. The van der Waals surface area contributed by atoms with Crippen LogP contribution >= 0.6 is 0 Å². The van der Waals surface area contributed by atoms with Gasteiger partial charge in [0.1, 0.15) is 11.6 Å². The smallest absolute Gasteiger partial charge is 0.133 e. The van der Waals surface area contributed by atoms with Gasteiger partial charge < -0.3 is 5.32 Å². The van der Waals surface area contributed by atoms with Crippen LogP contribution in [0.1, 0.15) is 51.5 Å². The molecule has 1 fully saturated rings. The first-order valence-corrected chi connectivity index (χ1v) is 7.95. The fourth-order valence-electron chi connectivity index (χ4n) is 2.93. The van der Waals surface area contributed by atoms with Crippen molar-refractivity contribution in [2.75, 3.05) is 6.54 Å². The molecule has 0 aromatic heterocycles. The van der Waals surface area contributed by atoms with E-state index in [-0.39, 0.29) is 0 Å². The van der Waals surface area contributed by atoms with Crippen LogP contribution in [0.4, 0.5) is 8.78 Å². The van der Waals surface area contributed by atoms with E-state index >= 15 is 0 Å². The minimum Gasteiger partial charge on any atom is -0.311 e. The van der Waals surface area contributed by atoms with Crippen molar-refractivity contribution < 1.29 is 8.78 Å². The first kappa shape index (κ1) is 16.2. The maximum absolute atomic E-state index is 13.9. The Labute approximate surface area is 126 Å². The standard InChI is InChI=1S/C18H25F2N/c1-13(2)21-12-16(14-6-4-3-5-7-14)10-15-8-9-17(19)11-18(15)20/h8-11,13-14,21H,3-7,12H2,1-2H3/b16-10-. The summed E-state index contributed by atoms with van der Waals surface area (Å²) in [4.78, 5) is 0. The molecule has 1 saturated carbocycles. The lowest BCUT2D eigenvalue weighted by molar-refractivity contribution is 0.394. The Balaban J connectivity index is 2.21. The number of rotatable bonds is 5. The molecular formula is C18H25F2N. The summed E-state index contributed by atoms with van der Waals surface area (Å²) in [6.07, 6.45) is 8.06. The minimum atomic E-state index is -0.524. The summed E-state index contributed by atoms with van der Waals surface area (Å²) in [6.45, 7) is 4.99. The highest BCUT2D eigenvalue weighted by molar-refractivity contribution is 5.54. The normalized spacial score (nSPS) is 17.5. The maximum atomic E-state index is 13.9. The monoisotopic (exact) mass is 293 g/mol. The molecule has 3 heteroatoms. The van der Waals surface area contributed by atoms with E-state index in [0.29, 0.717) is 17.5 Å². The Morgan fingerprint density at radius 1 is 1.24 bits per heavy atom. The Bertz CT molecular complexity index is 488. The van der Waals surface area contributed by atoms with Gasteiger partial charge in [-0.05, 0) is 30.9 Å². The first-order valence-electron chi connectivity index (χ1n) is 7.95. The minimum absolute atomic E-state index is 0.398. The van der Waals surface area contributed by atoms with E-state index in [1.54, 1.807) is 0 Å². The lowest BCUT2D eigenvalue weighted by Crippen LogP contribution is -2.28. The van der Waals surface area contributed by atoms with Crippen molar-refractivity contribution in [3.8, 4) is 0 Å². The van der Waals surface area contributed by atoms with Gasteiger partial charge in [-0.1, -0.05) is 44.8 Å². The average molecular weight is 293 g/mol. The van der Waals surface area contributed by atoms with Gasteiger partial charge in [0.15, 0.2) is 0 Å². The molecule has 0 radical (unpaired) electrons. The van der Waals surface area contributed by atoms with Crippen LogP contribution in [0.5, 0.6) is 0 Å². The van der Waals surface area contributed by atoms with Crippen LogP contribution < -0.4 is 5.32 Å². The molecule has 0 bridgehead atoms. The highest BCUT2D eigenvalue weighted by atomic mass is 19.1. The fourth-order valence-corrected chi connectivity index (χ4v) is 2.93. The van der Waals surface area contributed by atoms with Crippen molar-refractivity contribution >= 4 is 6.08 Å². The van der Waals surface area contributed by atoms with Gasteiger partial charge in [-0.25, -0.2) is 8.78 Å². The van der Waals surface area contributed by atoms with Crippen LogP contribution in [0.15, 0.2) is 23.8 Å². The molecule has 1 aliphatic carbocycles. The second-order valence-electron chi connectivity index (χ2n) is 6.26. The summed E-state index contributed by atoms with van der Waals surface area (Å²) in [5.41, 5.74) is 1.73. The summed E-state index contributed by atoms with van der Waals surface area (Å²) in [6, 6.07) is 4.21. The van der Waals surface area contributed by atoms with Crippen LogP contribution in [-0.4, -0.2) is 12.6 Å². The Morgan fingerprint density at radius 3 is 2.57 bits per heavy atom. The van der Waals surface area contributed by atoms with Crippen molar-refractivity contribution in [3.05, 3.63) is 41.0 Å². The van der Waals surface area contributed by atoms with Gasteiger partial charge >= 0.3 is 0 Å². The zero-order chi connectivity index (χ0) is 15.2. The Morgan fingerprint density at radius 2 is 1.95 bits per heavy atom. The second kappa shape index (κ2) is 7.69. The molecular weight excluding hydrogens is 268 g/mol. The predicted octanol–water partition coefficient (Wildman–Crippen LogP) is 4.93.